The van der Waals surface area contributed by atoms with Gasteiger partial charge in [0.1, 0.15) is 5.75 Å². The summed E-state index contributed by atoms with van der Waals surface area (Å²) in [5, 5.41) is 6.44. The molecule has 0 bridgehead atoms. The number of fused-ring (bicyclic) bond motifs is 1. The minimum absolute atomic E-state index is 0.0299. The zero-order chi connectivity index (χ0) is 20.4. The van der Waals surface area contributed by atoms with Gasteiger partial charge in [-0.3, -0.25) is 4.79 Å². The van der Waals surface area contributed by atoms with Crippen molar-refractivity contribution in [3.05, 3.63) is 63.6 Å². The maximum absolute atomic E-state index is 12.8. The summed E-state index contributed by atoms with van der Waals surface area (Å²) in [5.41, 5.74) is 2.76. The van der Waals surface area contributed by atoms with Crippen LogP contribution in [0.2, 0.25) is 0 Å². The van der Waals surface area contributed by atoms with Crippen LogP contribution in [0.25, 0.3) is 5.69 Å². The first kappa shape index (κ1) is 19.2. The normalized spacial score (nSPS) is 13.1. The minimum atomic E-state index is -0.471. The molecule has 0 radical (unpaired) electrons. The molecule has 8 heteroatoms. The molecule has 4 rings (SSSR count). The molecule has 0 aliphatic carbocycles. The highest BCUT2D eigenvalue weighted by molar-refractivity contribution is 7.12. The number of aromatic nitrogens is 2. The van der Waals surface area contributed by atoms with Crippen LogP contribution in [-0.4, -0.2) is 46.8 Å². The van der Waals surface area contributed by atoms with Crippen LogP contribution in [-0.2, 0) is 17.7 Å². The van der Waals surface area contributed by atoms with Crippen molar-refractivity contribution < 1.29 is 19.1 Å². The summed E-state index contributed by atoms with van der Waals surface area (Å²) in [4.78, 5) is 27.8. The molecule has 150 valence electrons. The quantitative estimate of drug-likeness (QED) is 0.602. The third kappa shape index (κ3) is 3.63. The van der Waals surface area contributed by atoms with Gasteiger partial charge in [0.05, 0.1) is 36.5 Å². The number of carbonyl (C=O) groups is 2. The van der Waals surface area contributed by atoms with Crippen LogP contribution in [0, 0.1) is 0 Å². The van der Waals surface area contributed by atoms with Crippen LogP contribution >= 0.6 is 11.3 Å². The fourth-order valence-corrected chi connectivity index (χ4v) is 4.14. The molecule has 0 atom stereocenters. The predicted molar refractivity (Wildman–Crippen MR) is 109 cm³/mol. The lowest BCUT2D eigenvalue weighted by molar-refractivity contribution is 0.0513. The van der Waals surface area contributed by atoms with Crippen molar-refractivity contribution in [1.29, 1.82) is 0 Å². The Labute approximate surface area is 172 Å². The maximum Gasteiger partial charge on any atom is 0.359 e. The average Bonchev–Trinajstić information content (AvgIpc) is 3.41. The second-order valence-electron chi connectivity index (χ2n) is 6.56. The number of thiophene rings is 1. The van der Waals surface area contributed by atoms with Gasteiger partial charge in [0, 0.05) is 18.5 Å². The largest absolute Gasteiger partial charge is 0.497 e. The molecular formula is C21H21N3O4S. The third-order valence-corrected chi connectivity index (χ3v) is 5.72. The molecule has 2 aromatic heterocycles. The van der Waals surface area contributed by atoms with E-state index in [-0.39, 0.29) is 18.2 Å². The van der Waals surface area contributed by atoms with E-state index in [0.29, 0.717) is 24.4 Å². The molecule has 1 aromatic carbocycles. The van der Waals surface area contributed by atoms with Crippen LogP contribution in [0.5, 0.6) is 5.75 Å². The lowest BCUT2D eigenvalue weighted by atomic mass is 10.0. The van der Waals surface area contributed by atoms with E-state index in [2.05, 4.69) is 5.10 Å². The van der Waals surface area contributed by atoms with Crippen LogP contribution in [0.15, 0.2) is 41.8 Å². The standard InChI is InChI=1S/C21H21N3O4S/c1-3-28-21(26)19-16-13-23(20(25)18-5-4-12-29-18)11-10-17(16)24(22-19)14-6-8-15(27-2)9-7-14/h4-9,12H,3,10-11,13H2,1-2H3. The monoisotopic (exact) mass is 411 g/mol. The molecular weight excluding hydrogens is 390 g/mol. The van der Waals surface area contributed by atoms with Gasteiger partial charge in [-0.1, -0.05) is 6.07 Å². The molecule has 0 saturated carbocycles. The van der Waals surface area contributed by atoms with Crippen LogP contribution in [0.3, 0.4) is 0 Å². The van der Waals surface area contributed by atoms with E-state index in [1.807, 2.05) is 41.8 Å². The Hall–Kier alpha value is -3.13. The number of rotatable bonds is 5. The van der Waals surface area contributed by atoms with E-state index in [1.165, 1.54) is 11.3 Å². The lowest BCUT2D eigenvalue weighted by Gasteiger charge is -2.27. The summed E-state index contributed by atoms with van der Waals surface area (Å²) in [6.07, 6.45) is 0.602. The molecule has 3 aromatic rings. The average molecular weight is 411 g/mol. The van der Waals surface area contributed by atoms with Crippen LogP contribution < -0.4 is 4.74 Å². The fourth-order valence-electron chi connectivity index (χ4n) is 3.45. The van der Waals surface area contributed by atoms with Gasteiger partial charge in [-0.05, 0) is 42.6 Å². The van der Waals surface area contributed by atoms with E-state index in [9.17, 15) is 9.59 Å². The Balaban J connectivity index is 1.72. The molecule has 1 aliphatic rings. The van der Waals surface area contributed by atoms with Gasteiger partial charge in [-0.2, -0.15) is 5.10 Å². The fraction of sp³-hybridized carbons (Fsp3) is 0.286. The number of amides is 1. The topological polar surface area (TPSA) is 73.7 Å². The molecule has 29 heavy (non-hydrogen) atoms. The van der Waals surface area contributed by atoms with Crippen molar-refractivity contribution in [2.75, 3.05) is 20.3 Å². The van der Waals surface area contributed by atoms with E-state index < -0.39 is 5.97 Å². The second-order valence-corrected chi connectivity index (χ2v) is 7.51. The van der Waals surface area contributed by atoms with E-state index >= 15 is 0 Å². The summed E-state index contributed by atoms with van der Waals surface area (Å²) >= 11 is 1.41. The van der Waals surface area contributed by atoms with Crippen molar-refractivity contribution in [3.8, 4) is 11.4 Å². The number of hydrogen-bond donors (Lipinski definition) is 0. The maximum atomic E-state index is 12.8. The first-order valence-corrected chi connectivity index (χ1v) is 10.3. The van der Waals surface area contributed by atoms with Crippen molar-refractivity contribution in [2.45, 2.75) is 19.9 Å². The minimum Gasteiger partial charge on any atom is -0.497 e. The van der Waals surface area contributed by atoms with E-state index in [1.54, 1.807) is 23.6 Å². The van der Waals surface area contributed by atoms with Gasteiger partial charge in [-0.15, -0.1) is 11.3 Å². The number of methoxy groups -OCH3 is 1. The molecule has 0 fully saturated rings. The number of carbonyl (C=O) groups excluding carboxylic acids is 2. The van der Waals surface area contributed by atoms with Gasteiger partial charge < -0.3 is 14.4 Å². The molecule has 1 aliphatic heterocycles. The van der Waals surface area contributed by atoms with Gasteiger partial charge in [-0.25, -0.2) is 9.48 Å². The molecule has 1 amide bonds. The second kappa shape index (κ2) is 8.08. The predicted octanol–water partition coefficient (Wildman–Crippen LogP) is 3.32. The molecule has 0 spiro atoms. The Morgan fingerprint density at radius 3 is 2.66 bits per heavy atom. The number of ether oxygens (including phenoxy) is 2. The van der Waals surface area contributed by atoms with Gasteiger partial charge in [0.2, 0.25) is 0 Å². The summed E-state index contributed by atoms with van der Waals surface area (Å²) < 4.78 is 12.2. The number of esters is 1. The third-order valence-electron chi connectivity index (χ3n) is 4.86. The molecule has 7 nitrogen and oxygen atoms in total. The Bertz CT molecular complexity index is 1030. The van der Waals surface area contributed by atoms with Gasteiger partial charge >= 0.3 is 5.97 Å². The SMILES string of the molecule is CCOC(=O)c1nn(-c2ccc(OC)cc2)c2c1CN(C(=O)c1cccs1)CC2. The first-order valence-electron chi connectivity index (χ1n) is 9.37. The zero-order valence-electron chi connectivity index (χ0n) is 16.3. The van der Waals surface area contributed by atoms with Gasteiger partial charge in [0.25, 0.3) is 5.91 Å². The van der Waals surface area contributed by atoms with Crippen LogP contribution in [0.4, 0.5) is 0 Å². The first-order chi connectivity index (χ1) is 14.1. The van der Waals surface area contributed by atoms with Crippen molar-refractivity contribution >= 4 is 23.2 Å². The zero-order valence-corrected chi connectivity index (χ0v) is 17.1. The lowest BCUT2D eigenvalue weighted by Crippen LogP contribution is -2.36. The summed E-state index contributed by atoms with van der Waals surface area (Å²) in [5.74, 6) is 0.243. The Morgan fingerprint density at radius 1 is 1.21 bits per heavy atom. The van der Waals surface area contributed by atoms with E-state index in [4.69, 9.17) is 9.47 Å². The summed E-state index contributed by atoms with van der Waals surface area (Å²) in [7, 11) is 1.61. The number of nitrogens with zero attached hydrogens (tertiary/aromatic N) is 3. The highest BCUT2D eigenvalue weighted by Gasteiger charge is 2.31. The Kier molecular flexibility index (Phi) is 5.35. The summed E-state index contributed by atoms with van der Waals surface area (Å²) in [6, 6.07) is 11.2. The van der Waals surface area contributed by atoms with Crippen molar-refractivity contribution in [1.82, 2.24) is 14.7 Å². The number of hydrogen-bond acceptors (Lipinski definition) is 6. The highest BCUT2D eigenvalue weighted by atomic mass is 32.1. The molecule has 0 saturated heterocycles. The Morgan fingerprint density at radius 2 is 2.00 bits per heavy atom. The van der Waals surface area contributed by atoms with Crippen LogP contribution in [0.1, 0.15) is 38.3 Å². The summed E-state index contributed by atoms with van der Waals surface area (Å²) in [6.45, 7) is 2.92. The van der Waals surface area contributed by atoms with Crippen molar-refractivity contribution in [2.24, 2.45) is 0 Å². The molecule has 0 N–H and O–H groups in total. The highest BCUT2D eigenvalue weighted by Crippen LogP contribution is 2.28. The molecule has 0 unspecified atom stereocenters. The van der Waals surface area contributed by atoms with Gasteiger partial charge in [0.15, 0.2) is 5.69 Å². The van der Waals surface area contributed by atoms with Crippen molar-refractivity contribution in [3.63, 3.8) is 0 Å². The van der Waals surface area contributed by atoms with E-state index in [0.717, 1.165) is 22.7 Å². The number of benzene rings is 1. The molecule has 3 heterocycles. The smallest absolute Gasteiger partial charge is 0.359 e.